The van der Waals surface area contributed by atoms with E-state index in [1.807, 2.05) is 26.0 Å². The molecular weight excluding hydrogens is 164 g/mol. The van der Waals surface area contributed by atoms with Crippen LogP contribution in [0.25, 0.3) is 0 Å². The zero-order valence-electron chi connectivity index (χ0n) is 8.12. The molecule has 0 amide bonds. The molecule has 0 bridgehead atoms. The van der Waals surface area contributed by atoms with Crippen molar-refractivity contribution in [2.45, 2.75) is 26.3 Å². The van der Waals surface area contributed by atoms with Gasteiger partial charge in [0.15, 0.2) is 0 Å². The number of hydrogen-bond acceptors (Lipinski definition) is 3. The molecule has 3 N–H and O–H groups in total. The van der Waals surface area contributed by atoms with Gasteiger partial charge in [-0.05, 0) is 31.9 Å². The molecule has 0 saturated carbocycles. The number of hydrogen-bond donors (Lipinski definition) is 2. The van der Waals surface area contributed by atoms with E-state index in [1.54, 1.807) is 0 Å². The maximum Gasteiger partial charge on any atom is 0.0575 e. The third-order valence-electron chi connectivity index (χ3n) is 2.19. The number of aryl methyl sites for hydroxylation is 2. The summed E-state index contributed by atoms with van der Waals surface area (Å²) in [6.07, 6.45) is 0.565. The summed E-state index contributed by atoms with van der Waals surface area (Å²) in [4.78, 5) is 4.36. The number of pyridine rings is 1. The number of aromatic nitrogens is 1. The minimum atomic E-state index is -0.149. The van der Waals surface area contributed by atoms with Crippen LogP contribution in [0, 0.1) is 13.8 Å². The highest BCUT2D eigenvalue weighted by molar-refractivity contribution is 5.21. The van der Waals surface area contributed by atoms with Gasteiger partial charge in [0.2, 0.25) is 0 Å². The van der Waals surface area contributed by atoms with Gasteiger partial charge in [-0.15, -0.1) is 0 Å². The average molecular weight is 180 g/mol. The van der Waals surface area contributed by atoms with Crippen LogP contribution >= 0.6 is 0 Å². The Balaban J connectivity index is 2.84. The number of rotatable bonds is 3. The molecule has 0 aromatic carbocycles. The molecule has 13 heavy (non-hydrogen) atoms. The Bertz CT molecular complexity index is 286. The summed E-state index contributed by atoms with van der Waals surface area (Å²) in [6.45, 7) is 4.09. The van der Waals surface area contributed by atoms with Gasteiger partial charge in [-0.3, -0.25) is 4.98 Å². The lowest BCUT2D eigenvalue weighted by molar-refractivity contribution is 0.275. The first kappa shape index (κ1) is 10.2. The van der Waals surface area contributed by atoms with Crippen LogP contribution in [0.5, 0.6) is 0 Å². The van der Waals surface area contributed by atoms with Gasteiger partial charge in [0.1, 0.15) is 0 Å². The van der Waals surface area contributed by atoms with Crippen molar-refractivity contribution in [3.63, 3.8) is 0 Å². The number of nitrogens with two attached hydrogens (primary N) is 1. The molecule has 0 aliphatic rings. The van der Waals surface area contributed by atoms with Crippen LogP contribution in [0.4, 0.5) is 0 Å². The van der Waals surface area contributed by atoms with E-state index in [0.717, 1.165) is 11.4 Å². The van der Waals surface area contributed by atoms with Crippen molar-refractivity contribution in [3.8, 4) is 0 Å². The normalized spacial score (nSPS) is 12.9. The summed E-state index contributed by atoms with van der Waals surface area (Å²) in [6, 6.07) is 3.78. The van der Waals surface area contributed by atoms with Crippen LogP contribution in [0.2, 0.25) is 0 Å². The smallest absolute Gasteiger partial charge is 0.0575 e. The van der Waals surface area contributed by atoms with Crippen LogP contribution in [-0.2, 0) is 0 Å². The van der Waals surface area contributed by atoms with E-state index in [0.29, 0.717) is 6.42 Å². The van der Waals surface area contributed by atoms with Crippen LogP contribution in [0.1, 0.15) is 29.4 Å². The van der Waals surface area contributed by atoms with E-state index in [-0.39, 0.29) is 12.6 Å². The summed E-state index contributed by atoms with van der Waals surface area (Å²) in [5, 5.41) is 8.71. The SMILES string of the molecule is Cc1ccc(C(N)CCO)nc1C. The molecule has 1 rings (SSSR count). The Morgan fingerprint density at radius 1 is 1.46 bits per heavy atom. The van der Waals surface area contributed by atoms with Gasteiger partial charge in [0.25, 0.3) is 0 Å². The minimum Gasteiger partial charge on any atom is -0.396 e. The summed E-state index contributed by atoms with van der Waals surface area (Å²) in [7, 11) is 0. The van der Waals surface area contributed by atoms with Crippen LogP contribution < -0.4 is 5.73 Å². The van der Waals surface area contributed by atoms with Crippen LogP contribution in [-0.4, -0.2) is 16.7 Å². The molecule has 0 fully saturated rings. The predicted molar refractivity (Wildman–Crippen MR) is 52.3 cm³/mol. The van der Waals surface area contributed by atoms with Crippen LogP contribution in [0.15, 0.2) is 12.1 Å². The Morgan fingerprint density at radius 2 is 2.15 bits per heavy atom. The van der Waals surface area contributed by atoms with Crippen molar-refractivity contribution in [1.82, 2.24) is 4.98 Å². The fourth-order valence-corrected chi connectivity index (χ4v) is 1.14. The van der Waals surface area contributed by atoms with Crippen molar-refractivity contribution in [3.05, 3.63) is 29.1 Å². The standard InChI is InChI=1S/C10H16N2O/c1-7-3-4-10(12-8(7)2)9(11)5-6-13/h3-4,9,13H,5-6,11H2,1-2H3. The Hall–Kier alpha value is -0.930. The van der Waals surface area contributed by atoms with Gasteiger partial charge in [-0.25, -0.2) is 0 Å². The molecular formula is C10H16N2O. The van der Waals surface area contributed by atoms with E-state index in [9.17, 15) is 0 Å². The van der Waals surface area contributed by atoms with Gasteiger partial charge in [-0.1, -0.05) is 6.07 Å². The second-order valence-electron chi connectivity index (χ2n) is 3.26. The third kappa shape index (κ3) is 2.50. The number of nitrogens with zero attached hydrogens (tertiary/aromatic N) is 1. The van der Waals surface area contributed by atoms with E-state index in [4.69, 9.17) is 10.8 Å². The first-order chi connectivity index (χ1) is 6.15. The Morgan fingerprint density at radius 3 is 2.69 bits per heavy atom. The fourth-order valence-electron chi connectivity index (χ4n) is 1.14. The summed E-state index contributed by atoms with van der Waals surface area (Å²) in [5.41, 5.74) is 8.83. The molecule has 0 aliphatic heterocycles. The molecule has 0 radical (unpaired) electrons. The maximum atomic E-state index is 8.71. The topological polar surface area (TPSA) is 59.1 Å². The number of aliphatic hydroxyl groups is 1. The highest BCUT2D eigenvalue weighted by atomic mass is 16.3. The quantitative estimate of drug-likeness (QED) is 0.731. The van der Waals surface area contributed by atoms with Crippen LogP contribution in [0.3, 0.4) is 0 Å². The fraction of sp³-hybridized carbons (Fsp3) is 0.500. The summed E-state index contributed by atoms with van der Waals surface area (Å²) < 4.78 is 0. The van der Waals surface area contributed by atoms with Gasteiger partial charge >= 0.3 is 0 Å². The average Bonchev–Trinajstić information content (AvgIpc) is 2.10. The van der Waals surface area contributed by atoms with Crippen molar-refractivity contribution >= 4 is 0 Å². The summed E-state index contributed by atoms with van der Waals surface area (Å²) in [5.74, 6) is 0. The molecule has 1 aromatic heterocycles. The Labute approximate surface area is 78.6 Å². The molecule has 3 heteroatoms. The minimum absolute atomic E-state index is 0.107. The van der Waals surface area contributed by atoms with E-state index in [1.165, 1.54) is 5.56 Å². The monoisotopic (exact) mass is 180 g/mol. The van der Waals surface area contributed by atoms with Crippen molar-refractivity contribution in [2.24, 2.45) is 5.73 Å². The maximum absolute atomic E-state index is 8.71. The second-order valence-corrected chi connectivity index (χ2v) is 3.26. The molecule has 0 saturated heterocycles. The van der Waals surface area contributed by atoms with Crippen molar-refractivity contribution in [2.75, 3.05) is 6.61 Å². The molecule has 1 heterocycles. The first-order valence-corrected chi connectivity index (χ1v) is 4.45. The largest absolute Gasteiger partial charge is 0.396 e. The summed E-state index contributed by atoms with van der Waals surface area (Å²) >= 11 is 0. The van der Waals surface area contributed by atoms with Crippen molar-refractivity contribution < 1.29 is 5.11 Å². The number of aliphatic hydroxyl groups excluding tert-OH is 1. The second kappa shape index (κ2) is 4.35. The predicted octanol–water partition coefficient (Wildman–Crippen LogP) is 1.08. The highest BCUT2D eigenvalue weighted by Gasteiger charge is 2.07. The van der Waals surface area contributed by atoms with Gasteiger partial charge < -0.3 is 10.8 Å². The molecule has 0 aliphatic carbocycles. The van der Waals surface area contributed by atoms with E-state index < -0.39 is 0 Å². The van der Waals surface area contributed by atoms with Gasteiger partial charge in [-0.2, -0.15) is 0 Å². The molecule has 3 nitrogen and oxygen atoms in total. The van der Waals surface area contributed by atoms with Gasteiger partial charge in [0.05, 0.1) is 5.69 Å². The lowest BCUT2D eigenvalue weighted by atomic mass is 10.1. The van der Waals surface area contributed by atoms with E-state index in [2.05, 4.69) is 4.98 Å². The van der Waals surface area contributed by atoms with Crippen molar-refractivity contribution in [1.29, 1.82) is 0 Å². The lowest BCUT2D eigenvalue weighted by Crippen LogP contribution is -2.14. The zero-order valence-corrected chi connectivity index (χ0v) is 8.12. The first-order valence-electron chi connectivity index (χ1n) is 4.45. The molecule has 72 valence electrons. The molecule has 1 atom stereocenters. The van der Waals surface area contributed by atoms with E-state index >= 15 is 0 Å². The Kier molecular flexibility index (Phi) is 3.39. The molecule has 1 unspecified atom stereocenters. The molecule has 0 spiro atoms. The molecule has 1 aromatic rings. The zero-order chi connectivity index (χ0) is 9.84. The lowest BCUT2D eigenvalue weighted by Gasteiger charge is -2.10. The van der Waals surface area contributed by atoms with Gasteiger partial charge in [0, 0.05) is 18.3 Å². The third-order valence-corrected chi connectivity index (χ3v) is 2.19. The highest BCUT2D eigenvalue weighted by Crippen LogP contribution is 2.13.